The number of benzene rings is 1. The molecule has 0 aromatic heterocycles. The minimum absolute atomic E-state index is 0.0677. The van der Waals surface area contributed by atoms with Gasteiger partial charge in [0.2, 0.25) is 11.8 Å². The highest BCUT2D eigenvalue weighted by atomic mass is 16.2. The van der Waals surface area contributed by atoms with Gasteiger partial charge in [0.25, 0.3) is 0 Å². The molecular formula is C22H34N2O3. The average molecular weight is 375 g/mol. The second kappa shape index (κ2) is 12.3. The summed E-state index contributed by atoms with van der Waals surface area (Å²) in [5.74, 6) is -0.515. The normalized spacial score (nSPS) is 13.3. The first-order valence-corrected chi connectivity index (χ1v) is 10.0. The molecule has 1 aromatic rings. The molecule has 0 saturated heterocycles. The van der Waals surface area contributed by atoms with Gasteiger partial charge in [0.1, 0.15) is 12.3 Å². The SMILES string of the molecule is CCCC(CCC)C(=O)N[C@H](C(=O)N[C@H](C=O)Cc1ccccc1)C(C)C. The first-order valence-electron chi connectivity index (χ1n) is 10.0. The van der Waals surface area contributed by atoms with Gasteiger partial charge in [-0.25, -0.2) is 0 Å². The highest BCUT2D eigenvalue weighted by molar-refractivity contribution is 5.90. The maximum absolute atomic E-state index is 12.7. The van der Waals surface area contributed by atoms with E-state index in [9.17, 15) is 14.4 Å². The Hall–Kier alpha value is -2.17. The molecular weight excluding hydrogens is 340 g/mol. The summed E-state index contributed by atoms with van der Waals surface area (Å²) in [5.41, 5.74) is 0.978. The van der Waals surface area contributed by atoms with Crippen LogP contribution in [0.3, 0.4) is 0 Å². The first-order chi connectivity index (χ1) is 12.9. The van der Waals surface area contributed by atoms with Crippen LogP contribution in [0.5, 0.6) is 0 Å². The van der Waals surface area contributed by atoms with Gasteiger partial charge in [0.15, 0.2) is 0 Å². The number of amides is 2. The molecule has 0 bridgehead atoms. The Bertz CT molecular complexity index is 580. The van der Waals surface area contributed by atoms with Crippen LogP contribution < -0.4 is 10.6 Å². The van der Waals surface area contributed by atoms with Gasteiger partial charge in [-0.3, -0.25) is 9.59 Å². The van der Waals surface area contributed by atoms with Crippen LogP contribution in [0.1, 0.15) is 58.9 Å². The predicted molar refractivity (Wildman–Crippen MR) is 108 cm³/mol. The van der Waals surface area contributed by atoms with E-state index in [4.69, 9.17) is 0 Å². The maximum atomic E-state index is 12.7. The smallest absolute Gasteiger partial charge is 0.243 e. The number of carbonyl (C=O) groups is 3. The molecule has 0 spiro atoms. The van der Waals surface area contributed by atoms with Crippen molar-refractivity contribution in [3.63, 3.8) is 0 Å². The van der Waals surface area contributed by atoms with Gasteiger partial charge in [-0.2, -0.15) is 0 Å². The molecule has 0 aliphatic heterocycles. The summed E-state index contributed by atoms with van der Waals surface area (Å²) in [4.78, 5) is 36.8. The van der Waals surface area contributed by atoms with Crippen molar-refractivity contribution >= 4 is 18.1 Å². The van der Waals surface area contributed by atoms with Gasteiger partial charge in [0.05, 0.1) is 6.04 Å². The Morgan fingerprint density at radius 2 is 1.56 bits per heavy atom. The van der Waals surface area contributed by atoms with E-state index in [2.05, 4.69) is 24.5 Å². The third-order valence-electron chi connectivity index (χ3n) is 4.68. The number of carbonyl (C=O) groups excluding carboxylic acids is 3. The van der Waals surface area contributed by atoms with Crippen molar-refractivity contribution in [1.82, 2.24) is 10.6 Å². The Labute approximate surface area is 163 Å². The molecule has 1 aromatic carbocycles. The van der Waals surface area contributed by atoms with E-state index < -0.39 is 12.1 Å². The number of hydrogen-bond acceptors (Lipinski definition) is 3. The molecule has 0 saturated carbocycles. The van der Waals surface area contributed by atoms with Crippen LogP contribution in [-0.2, 0) is 20.8 Å². The average Bonchev–Trinajstić information content (AvgIpc) is 2.65. The molecule has 5 heteroatoms. The lowest BCUT2D eigenvalue weighted by Gasteiger charge is -2.26. The minimum Gasteiger partial charge on any atom is -0.344 e. The fourth-order valence-electron chi connectivity index (χ4n) is 3.18. The highest BCUT2D eigenvalue weighted by Crippen LogP contribution is 2.15. The van der Waals surface area contributed by atoms with Crippen molar-refractivity contribution in [3.05, 3.63) is 35.9 Å². The van der Waals surface area contributed by atoms with Crippen molar-refractivity contribution in [3.8, 4) is 0 Å². The predicted octanol–water partition coefficient (Wildman–Crippen LogP) is 3.27. The Kier molecular flexibility index (Phi) is 10.4. The van der Waals surface area contributed by atoms with Crippen LogP contribution in [0.15, 0.2) is 30.3 Å². The van der Waals surface area contributed by atoms with E-state index in [1.807, 2.05) is 44.2 Å². The maximum Gasteiger partial charge on any atom is 0.243 e. The van der Waals surface area contributed by atoms with Crippen molar-refractivity contribution < 1.29 is 14.4 Å². The zero-order valence-electron chi connectivity index (χ0n) is 17.0. The summed E-state index contributed by atoms with van der Waals surface area (Å²) < 4.78 is 0. The van der Waals surface area contributed by atoms with E-state index in [1.54, 1.807) is 0 Å². The Morgan fingerprint density at radius 1 is 0.963 bits per heavy atom. The molecule has 27 heavy (non-hydrogen) atoms. The van der Waals surface area contributed by atoms with Crippen molar-refractivity contribution in [1.29, 1.82) is 0 Å². The summed E-state index contributed by atoms with van der Waals surface area (Å²) in [6.07, 6.45) is 4.68. The third kappa shape index (κ3) is 7.94. The highest BCUT2D eigenvalue weighted by Gasteiger charge is 2.28. The van der Waals surface area contributed by atoms with Crippen LogP contribution in [-0.4, -0.2) is 30.2 Å². The summed E-state index contributed by atoms with van der Waals surface area (Å²) >= 11 is 0. The van der Waals surface area contributed by atoms with E-state index in [-0.39, 0.29) is 23.7 Å². The standard InChI is InChI=1S/C22H34N2O3/c1-5-10-18(11-6-2)21(26)24-20(16(3)4)22(27)23-19(15-25)14-17-12-8-7-9-13-17/h7-9,12-13,15-16,18-20H,5-6,10-11,14H2,1-4H3,(H,23,27)(H,24,26)/t19-,20-/m0/s1. The van der Waals surface area contributed by atoms with Gasteiger partial charge < -0.3 is 15.4 Å². The quantitative estimate of drug-likeness (QED) is 0.551. The van der Waals surface area contributed by atoms with Crippen LogP contribution >= 0.6 is 0 Å². The third-order valence-corrected chi connectivity index (χ3v) is 4.68. The lowest BCUT2D eigenvalue weighted by Crippen LogP contribution is -2.53. The zero-order chi connectivity index (χ0) is 20.2. The molecule has 0 heterocycles. The molecule has 2 N–H and O–H groups in total. The zero-order valence-corrected chi connectivity index (χ0v) is 17.0. The molecule has 150 valence electrons. The molecule has 2 amide bonds. The molecule has 0 aliphatic carbocycles. The molecule has 0 unspecified atom stereocenters. The van der Waals surface area contributed by atoms with Crippen LogP contribution in [0, 0.1) is 11.8 Å². The second-order valence-electron chi connectivity index (χ2n) is 7.45. The molecule has 1 rings (SSSR count). The van der Waals surface area contributed by atoms with E-state index in [1.165, 1.54) is 0 Å². The summed E-state index contributed by atoms with van der Waals surface area (Å²) in [5, 5.41) is 5.70. The lowest BCUT2D eigenvalue weighted by molar-refractivity contribution is -0.133. The second-order valence-corrected chi connectivity index (χ2v) is 7.45. The molecule has 0 aliphatic rings. The minimum atomic E-state index is -0.646. The summed E-state index contributed by atoms with van der Waals surface area (Å²) in [6.45, 7) is 7.90. The van der Waals surface area contributed by atoms with Gasteiger partial charge in [-0.1, -0.05) is 70.9 Å². The first kappa shape index (κ1) is 22.9. The van der Waals surface area contributed by atoms with Crippen molar-refractivity contribution in [2.45, 2.75) is 71.9 Å². The van der Waals surface area contributed by atoms with Crippen LogP contribution in [0.2, 0.25) is 0 Å². The van der Waals surface area contributed by atoms with Gasteiger partial charge >= 0.3 is 0 Å². The number of hydrogen-bond donors (Lipinski definition) is 2. The van der Waals surface area contributed by atoms with Crippen molar-refractivity contribution in [2.24, 2.45) is 11.8 Å². The van der Waals surface area contributed by atoms with Crippen LogP contribution in [0.25, 0.3) is 0 Å². The number of aldehydes is 1. The summed E-state index contributed by atoms with van der Waals surface area (Å²) in [7, 11) is 0. The van der Waals surface area contributed by atoms with E-state index in [0.717, 1.165) is 37.5 Å². The molecule has 2 atom stereocenters. The van der Waals surface area contributed by atoms with Crippen LogP contribution in [0.4, 0.5) is 0 Å². The Balaban J connectivity index is 2.75. The Morgan fingerprint density at radius 3 is 2.04 bits per heavy atom. The molecule has 5 nitrogen and oxygen atoms in total. The fourth-order valence-corrected chi connectivity index (χ4v) is 3.18. The monoisotopic (exact) mass is 374 g/mol. The van der Waals surface area contributed by atoms with Gasteiger partial charge in [-0.15, -0.1) is 0 Å². The summed E-state index contributed by atoms with van der Waals surface area (Å²) in [6, 6.07) is 8.29. The topological polar surface area (TPSA) is 75.3 Å². The fraction of sp³-hybridized carbons (Fsp3) is 0.591. The van der Waals surface area contributed by atoms with Crippen molar-refractivity contribution in [2.75, 3.05) is 0 Å². The number of nitrogens with one attached hydrogen (secondary N) is 2. The molecule has 0 radical (unpaired) electrons. The largest absolute Gasteiger partial charge is 0.344 e. The van der Waals surface area contributed by atoms with E-state index >= 15 is 0 Å². The number of rotatable bonds is 12. The van der Waals surface area contributed by atoms with Gasteiger partial charge in [-0.05, 0) is 30.7 Å². The van der Waals surface area contributed by atoms with Gasteiger partial charge in [0, 0.05) is 5.92 Å². The lowest BCUT2D eigenvalue weighted by atomic mass is 9.95. The van der Waals surface area contributed by atoms with E-state index in [0.29, 0.717) is 6.42 Å². The molecule has 0 fully saturated rings.